The highest BCUT2D eigenvalue weighted by Gasteiger charge is 2.20. The molecule has 0 bridgehead atoms. The van der Waals surface area contributed by atoms with Crippen molar-refractivity contribution < 1.29 is 23.9 Å². The number of carbonyl (C=O) groups is 4. The summed E-state index contributed by atoms with van der Waals surface area (Å²) in [7, 11) is 0. The third-order valence-electron chi connectivity index (χ3n) is 4.61. The molecule has 35 heavy (non-hydrogen) atoms. The van der Waals surface area contributed by atoms with Gasteiger partial charge in [0.25, 0.3) is 5.91 Å². The number of hydrogen-bond acceptors (Lipinski definition) is 7. The highest BCUT2D eigenvalue weighted by molar-refractivity contribution is 7.14. The first-order chi connectivity index (χ1) is 16.9. The molecule has 0 aliphatic carbocycles. The lowest BCUT2D eigenvalue weighted by Crippen LogP contribution is -2.39. The Morgan fingerprint density at radius 2 is 1.66 bits per heavy atom. The Bertz CT molecular complexity index is 1150. The molecule has 0 saturated heterocycles. The molecular weight excluding hydrogens is 470 g/mol. The number of carbonyl (C=O) groups excluding carboxylic acids is 4. The van der Waals surface area contributed by atoms with Crippen LogP contribution >= 0.6 is 11.3 Å². The molecular formula is C24H25N5O5S. The molecule has 3 aromatic rings. The molecule has 1 atom stereocenters. The molecule has 2 aromatic carbocycles. The average molecular weight is 496 g/mol. The summed E-state index contributed by atoms with van der Waals surface area (Å²) >= 11 is 1.07. The first kappa shape index (κ1) is 25.4. The molecule has 0 saturated carbocycles. The highest BCUT2D eigenvalue weighted by atomic mass is 32.1. The number of aromatic nitrogens is 1. The van der Waals surface area contributed by atoms with Crippen LogP contribution in [0.3, 0.4) is 0 Å². The summed E-state index contributed by atoms with van der Waals surface area (Å²) in [6, 6.07) is 16.8. The number of nitrogens with one attached hydrogen (secondary N) is 4. The number of rotatable bonds is 10. The zero-order valence-corrected chi connectivity index (χ0v) is 19.8. The Balaban J connectivity index is 1.51. The van der Waals surface area contributed by atoms with Crippen molar-refractivity contribution in [3.63, 3.8) is 0 Å². The predicted octanol–water partition coefficient (Wildman–Crippen LogP) is 3.33. The van der Waals surface area contributed by atoms with Gasteiger partial charge >= 0.3 is 12.0 Å². The predicted molar refractivity (Wildman–Crippen MR) is 132 cm³/mol. The number of hydrogen-bond donors (Lipinski definition) is 4. The van der Waals surface area contributed by atoms with Crippen molar-refractivity contribution in [3.8, 4) is 0 Å². The van der Waals surface area contributed by atoms with Gasteiger partial charge in [-0.05, 0) is 24.6 Å². The van der Waals surface area contributed by atoms with E-state index in [2.05, 4.69) is 26.3 Å². The van der Waals surface area contributed by atoms with Gasteiger partial charge in [0.2, 0.25) is 5.91 Å². The minimum absolute atomic E-state index is 0.0380. The number of benzene rings is 2. The van der Waals surface area contributed by atoms with E-state index >= 15 is 0 Å². The van der Waals surface area contributed by atoms with Crippen LogP contribution in [0.4, 0.5) is 15.6 Å². The molecule has 11 heteroatoms. The minimum atomic E-state index is -0.599. The lowest BCUT2D eigenvalue weighted by atomic mass is 10.0. The van der Waals surface area contributed by atoms with Crippen molar-refractivity contribution in [2.45, 2.75) is 19.4 Å². The SMILES string of the molecule is CCOC(=O)CC(NC(=O)CNC(=O)c1csc(NC(=O)Nc2ccccc2)n1)c1ccccc1. The average Bonchev–Trinajstić information content (AvgIpc) is 3.32. The number of esters is 1. The first-order valence-corrected chi connectivity index (χ1v) is 11.7. The number of thiazole rings is 1. The molecule has 0 aliphatic heterocycles. The fourth-order valence-electron chi connectivity index (χ4n) is 3.04. The van der Waals surface area contributed by atoms with Crippen LogP contribution in [0.1, 0.15) is 35.4 Å². The summed E-state index contributed by atoms with van der Waals surface area (Å²) in [4.78, 5) is 53.0. The van der Waals surface area contributed by atoms with Crippen LogP contribution in [0.5, 0.6) is 0 Å². The number of para-hydroxylation sites is 1. The molecule has 1 heterocycles. The molecule has 182 valence electrons. The standard InChI is InChI=1S/C24H25N5O5S/c1-2-34-21(31)13-18(16-9-5-3-6-10-16)27-20(30)14-25-22(32)19-15-35-24(28-19)29-23(33)26-17-11-7-4-8-12-17/h3-12,15,18H,2,13-14H2,1H3,(H,25,32)(H,27,30)(H2,26,28,29,33). The summed E-state index contributed by atoms with van der Waals surface area (Å²) in [5.41, 5.74) is 1.41. The Hall–Kier alpha value is -4.25. The van der Waals surface area contributed by atoms with E-state index in [1.165, 1.54) is 5.38 Å². The van der Waals surface area contributed by atoms with Crippen LogP contribution in [0, 0.1) is 0 Å². The Morgan fingerprint density at radius 1 is 0.971 bits per heavy atom. The van der Waals surface area contributed by atoms with Crippen molar-refractivity contribution in [3.05, 3.63) is 77.3 Å². The first-order valence-electron chi connectivity index (χ1n) is 10.8. The summed E-state index contributed by atoms with van der Waals surface area (Å²) in [6.45, 7) is 1.63. The normalized spacial score (nSPS) is 11.1. The fraction of sp³-hybridized carbons (Fsp3) is 0.208. The van der Waals surface area contributed by atoms with Crippen molar-refractivity contribution in [2.24, 2.45) is 0 Å². The maximum atomic E-state index is 12.5. The van der Waals surface area contributed by atoms with Gasteiger partial charge in [0.05, 0.1) is 25.6 Å². The van der Waals surface area contributed by atoms with E-state index < -0.39 is 29.9 Å². The van der Waals surface area contributed by atoms with Gasteiger partial charge in [-0.2, -0.15) is 0 Å². The lowest BCUT2D eigenvalue weighted by Gasteiger charge is -2.18. The minimum Gasteiger partial charge on any atom is -0.466 e. The smallest absolute Gasteiger partial charge is 0.325 e. The zero-order chi connectivity index (χ0) is 25.0. The van der Waals surface area contributed by atoms with Crippen LogP contribution in [-0.4, -0.2) is 42.0 Å². The summed E-state index contributed by atoms with van der Waals surface area (Å²) in [6.07, 6.45) is -0.0380. The molecule has 0 radical (unpaired) electrons. The fourth-order valence-corrected chi connectivity index (χ4v) is 3.72. The number of urea groups is 1. The van der Waals surface area contributed by atoms with Crippen LogP contribution in [0.25, 0.3) is 0 Å². The van der Waals surface area contributed by atoms with Crippen molar-refractivity contribution >= 4 is 46.0 Å². The van der Waals surface area contributed by atoms with E-state index in [9.17, 15) is 19.2 Å². The van der Waals surface area contributed by atoms with Crippen LogP contribution in [-0.2, 0) is 14.3 Å². The number of amides is 4. The molecule has 0 fully saturated rings. The quantitative estimate of drug-likeness (QED) is 0.318. The largest absolute Gasteiger partial charge is 0.466 e. The van der Waals surface area contributed by atoms with Gasteiger partial charge in [-0.3, -0.25) is 19.7 Å². The van der Waals surface area contributed by atoms with Gasteiger partial charge < -0.3 is 20.7 Å². The maximum absolute atomic E-state index is 12.5. The van der Waals surface area contributed by atoms with Crippen LogP contribution < -0.4 is 21.3 Å². The summed E-state index contributed by atoms with van der Waals surface area (Å²) in [5.74, 6) is -1.49. The zero-order valence-electron chi connectivity index (χ0n) is 18.9. The summed E-state index contributed by atoms with van der Waals surface area (Å²) < 4.78 is 4.99. The van der Waals surface area contributed by atoms with Gasteiger partial charge in [-0.25, -0.2) is 9.78 Å². The highest BCUT2D eigenvalue weighted by Crippen LogP contribution is 2.18. The van der Waals surface area contributed by atoms with E-state index in [0.717, 1.165) is 16.9 Å². The van der Waals surface area contributed by atoms with Gasteiger partial charge in [0, 0.05) is 11.1 Å². The Morgan fingerprint density at radius 3 is 2.34 bits per heavy atom. The van der Waals surface area contributed by atoms with Gasteiger partial charge in [0.1, 0.15) is 5.69 Å². The molecule has 10 nitrogen and oxygen atoms in total. The molecule has 0 aliphatic rings. The van der Waals surface area contributed by atoms with Crippen molar-refractivity contribution in [2.75, 3.05) is 23.8 Å². The Kier molecular flexibility index (Phi) is 9.31. The number of anilines is 2. The van der Waals surface area contributed by atoms with Gasteiger partial charge in [0.15, 0.2) is 5.13 Å². The van der Waals surface area contributed by atoms with E-state index in [4.69, 9.17) is 4.74 Å². The van der Waals surface area contributed by atoms with Crippen molar-refractivity contribution in [1.82, 2.24) is 15.6 Å². The topological polar surface area (TPSA) is 139 Å². The third kappa shape index (κ3) is 8.23. The van der Waals surface area contributed by atoms with E-state index in [1.54, 1.807) is 55.5 Å². The second-order valence-corrected chi connectivity index (χ2v) is 8.06. The molecule has 4 N–H and O–H groups in total. The molecule has 4 amide bonds. The third-order valence-corrected chi connectivity index (χ3v) is 5.37. The van der Waals surface area contributed by atoms with Gasteiger partial charge in [-0.1, -0.05) is 48.5 Å². The van der Waals surface area contributed by atoms with Crippen LogP contribution in [0.2, 0.25) is 0 Å². The Labute approximate surface area is 206 Å². The molecule has 3 rings (SSSR count). The number of ether oxygens (including phenoxy) is 1. The summed E-state index contributed by atoms with van der Waals surface area (Å²) in [5, 5.41) is 12.1. The monoisotopic (exact) mass is 495 g/mol. The van der Waals surface area contributed by atoms with Gasteiger partial charge in [-0.15, -0.1) is 11.3 Å². The molecule has 1 unspecified atom stereocenters. The maximum Gasteiger partial charge on any atom is 0.325 e. The molecule has 0 spiro atoms. The second kappa shape index (κ2) is 12.8. The van der Waals surface area contributed by atoms with E-state index in [1.807, 2.05) is 12.1 Å². The van der Waals surface area contributed by atoms with E-state index in [0.29, 0.717) is 5.69 Å². The number of nitrogens with zero attached hydrogens (tertiary/aromatic N) is 1. The second-order valence-electron chi connectivity index (χ2n) is 7.21. The molecule has 1 aromatic heterocycles. The van der Waals surface area contributed by atoms with Crippen molar-refractivity contribution in [1.29, 1.82) is 0 Å². The van der Waals surface area contributed by atoms with Crippen LogP contribution in [0.15, 0.2) is 66.0 Å². The van der Waals surface area contributed by atoms with E-state index in [-0.39, 0.29) is 30.4 Å². The lowest BCUT2D eigenvalue weighted by molar-refractivity contribution is -0.143.